The molecule has 0 saturated heterocycles. The predicted octanol–water partition coefficient (Wildman–Crippen LogP) is 0.501. The Labute approximate surface area is 63.3 Å². The molecule has 0 fully saturated rings. The van der Waals surface area contributed by atoms with Crippen molar-refractivity contribution in [3.05, 3.63) is 24.2 Å². The molecule has 0 aliphatic heterocycles. The van der Waals surface area contributed by atoms with Gasteiger partial charge in [0, 0.05) is 0 Å². The maximum atomic E-state index is 10.0. The van der Waals surface area contributed by atoms with Crippen molar-refractivity contribution in [1.29, 1.82) is 0 Å². The highest BCUT2D eigenvalue weighted by Crippen LogP contribution is 1.96. The molecular weight excluding hydrogens is 170 g/mol. The van der Waals surface area contributed by atoms with E-state index in [0.717, 1.165) is 6.21 Å². The molecule has 6 heteroatoms. The van der Waals surface area contributed by atoms with Crippen LogP contribution in [0.15, 0.2) is 27.2 Å². The molecule has 0 aliphatic carbocycles. The van der Waals surface area contributed by atoms with Crippen LogP contribution < -0.4 is 0 Å². The van der Waals surface area contributed by atoms with Gasteiger partial charge in [0.05, 0.1) is 12.5 Å². The van der Waals surface area contributed by atoms with Crippen molar-refractivity contribution in [2.45, 2.75) is 0 Å². The minimum absolute atomic E-state index is 0.266. The fourth-order valence-corrected chi connectivity index (χ4v) is 0.720. The van der Waals surface area contributed by atoms with Gasteiger partial charge < -0.3 is 4.42 Å². The highest BCUT2D eigenvalue weighted by Gasteiger charge is 1.96. The fraction of sp³-hybridized carbons (Fsp3) is 0. The highest BCUT2D eigenvalue weighted by molar-refractivity contribution is 7.84. The Morgan fingerprint density at radius 3 is 2.82 bits per heavy atom. The molecule has 0 bridgehead atoms. The van der Waals surface area contributed by atoms with E-state index < -0.39 is 10.3 Å². The minimum atomic E-state index is -4.29. The Hall–Kier alpha value is -1.14. The average Bonchev–Trinajstić information content (AvgIpc) is 2.32. The number of rotatable bonds is 2. The van der Waals surface area contributed by atoms with Crippen LogP contribution in [-0.2, 0) is 10.3 Å². The monoisotopic (exact) mass is 175 g/mol. The van der Waals surface area contributed by atoms with Crippen LogP contribution >= 0.6 is 0 Å². The average molecular weight is 175 g/mol. The third-order valence-electron chi connectivity index (χ3n) is 0.856. The molecule has 11 heavy (non-hydrogen) atoms. The Morgan fingerprint density at radius 2 is 2.36 bits per heavy atom. The third-order valence-corrected chi connectivity index (χ3v) is 1.23. The van der Waals surface area contributed by atoms with Crippen LogP contribution in [0.4, 0.5) is 0 Å². The molecule has 0 radical (unpaired) electrons. The Bertz CT molecular complexity index is 337. The van der Waals surface area contributed by atoms with Gasteiger partial charge in [-0.2, -0.15) is 8.42 Å². The van der Waals surface area contributed by atoms with Crippen molar-refractivity contribution >= 4 is 16.5 Å². The van der Waals surface area contributed by atoms with Crippen LogP contribution in [0.5, 0.6) is 0 Å². The fourth-order valence-electron chi connectivity index (χ4n) is 0.483. The van der Waals surface area contributed by atoms with Crippen LogP contribution in [0.3, 0.4) is 0 Å². The number of hydrogen-bond donors (Lipinski definition) is 1. The smallest absolute Gasteiger partial charge is 0.378 e. The van der Waals surface area contributed by atoms with E-state index in [1.807, 2.05) is 0 Å². The van der Waals surface area contributed by atoms with E-state index >= 15 is 0 Å². The number of nitrogens with zero attached hydrogens (tertiary/aromatic N) is 1. The molecule has 0 aliphatic rings. The van der Waals surface area contributed by atoms with Gasteiger partial charge in [0.25, 0.3) is 0 Å². The Balaban J connectivity index is 2.79. The van der Waals surface area contributed by atoms with Crippen LogP contribution in [0.1, 0.15) is 5.76 Å². The first-order valence-electron chi connectivity index (χ1n) is 2.64. The molecule has 0 aromatic carbocycles. The van der Waals surface area contributed by atoms with E-state index in [1.165, 1.54) is 12.3 Å². The van der Waals surface area contributed by atoms with Crippen molar-refractivity contribution in [2.24, 2.45) is 4.40 Å². The first-order chi connectivity index (χ1) is 5.08. The second-order valence-corrected chi connectivity index (χ2v) is 2.80. The predicted molar refractivity (Wildman–Crippen MR) is 37.9 cm³/mol. The first kappa shape index (κ1) is 7.96. The van der Waals surface area contributed by atoms with Gasteiger partial charge in [-0.15, -0.1) is 4.40 Å². The number of furan rings is 1. The molecule has 5 nitrogen and oxygen atoms in total. The molecule has 1 aromatic rings. The second kappa shape index (κ2) is 2.85. The van der Waals surface area contributed by atoms with E-state index in [-0.39, 0.29) is 5.76 Å². The van der Waals surface area contributed by atoms with Gasteiger partial charge >= 0.3 is 10.3 Å². The molecule has 1 N–H and O–H groups in total. The molecule has 0 amide bonds. The van der Waals surface area contributed by atoms with Crippen molar-refractivity contribution in [3.63, 3.8) is 0 Å². The van der Waals surface area contributed by atoms with Crippen molar-refractivity contribution < 1.29 is 17.4 Å². The lowest BCUT2D eigenvalue weighted by atomic mass is 10.5. The molecule has 0 unspecified atom stereocenters. The van der Waals surface area contributed by atoms with Gasteiger partial charge in [-0.1, -0.05) is 0 Å². The van der Waals surface area contributed by atoms with Crippen LogP contribution in [-0.4, -0.2) is 19.2 Å². The van der Waals surface area contributed by atoms with E-state index in [0.29, 0.717) is 0 Å². The molecule has 0 saturated carbocycles. The maximum absolute atomic E-state index is 10.0. The molecule has 0 atom stereocenters. The van der Waals surface area contributed by atoms with Gasteiger partial charge in [-0.25, -0.2) is 0 Å². The summed E-state index contributed by atoms with van der Waals surface area (Å²) in [4.78, 5) is 0. The lowest BCUT2D eigenvalue weighted by Gasteiger charge is -1.82. The summed E-state index contributed by atoms with van der Waals surface area (Å²) in [5.41, 5.74) is 0. The van der Waals surface area contributed by atoms with Crippen LogP contribution in [0.25, 0.3) is 0 Å². The summed E-state index contributed by atoms with van der Waals surface area (Å²) in [5, 5.41) is 0. The normalized spacial score (nSPS) is 12.5. The van der Waals surface area contributed by atoms with Crippen LogP contribution in [0, 0.1) is 0 Å². The highest BCUT2D eigenvalue weighted by atomic mass is 32.2. The summed E-state index contributed by atoms with van der Waals surface area (Å²) in [6.45, 7) is 0. The maximum Gasteiger partial charge on any atom is 0.378 e. The molecule has 1 aromatic heterocycles. The molecule has 0 spiro atoms. The quantitative estimate of drug-likeness (QED) is 0.524. The van der Waals surface area contributed by atoms with E-state index in [2.05, 4.69) is 4.40 Å². The topological polar surface area (TPSA) is 79.9 Å². The Kier molecular flexibility index (Phi) is 2.06. The third kappa shape index (κ3) is 2.96. The standard InChI is InChI=1S/C5H5NO4S/c7-11(8,9)6-4-5-2-1-3-10-5/h1-4H,(H,7,8,9). The van der Waals surface area contributed by atoms with Gasteiger partial charge in [0.1, 0.15) is 5.76 Å². The number of hydrogen-bond acceptors (Lipinski definition) is 3. The van der Waals surface area contributed by atoms with Gasteiger partial charge in [0.2, 0.25) is 0 Å². The van der Waals surface area contributed by atoms with Crippen molar-refractivity contribution in [3.8, 4) is 0 Å². The zero-order valence-electron chi connectivity index (χ0n) is 5.34. The van der Waals surface area contributed by atoms with E-state index in [1.54, 1.807) is 6.07 Å². The molecule has 60 valence electrons. The van der Waals surface area contributed by atoms with E-state index in [4.69, 9.17) is 8.97 Å². The zero-order chi connectivity index (χ0) is 8.32. The largest absolute Gasteiger partial charge is 0.463 e. The summed E-state index contributed by atoms with van der Waals surface area (Å²) >= 11 is 0. The summed E-state index contributed by atoms with van der Waals surface area (Å²) in [6, 6.07) is 3.08. The summed E-state index contributed by atoms with van der Waals surface area (Å²) < 4.78 is 35.7. The van der Waals surface area contributed by atoms with Crippen molar-refractivity contribution in [1.82, 2.24) is 0 Å². The van der Waals surface area contributed by atoms with Gasteiger partial charge in [-0.3, -0.25) is 4.55 Å². The van der Waals surface area contributed by atoms with Crippen LogP contribution in [0.2, 0.25) is 0 Å². The second-order valence-electron chi connectivity index (χ2n) is 1.70. The lowest BCUT2D eigenvalue weighted by molar-refractivity contribution is 0.485. The Morgan fingerprint density at radius 1 is 1.64 bits per heavy atom. The summed E-state index contributed by atoms with van der Waals surface area (Å²) in [5.74, 6) is 0.266. The summed E-state index contributed by atoms with van der Waals surface area (Å²) in [6.07, 6.45) is 2.28. The minimum Gasteiger partial charge on any atom is -0.463 e. The molecular formula is C5H5NO4S. The van der Waals surface area contributed by atoms with Crippen molar-refractivity contribution in [2.75, 3.05) is 0 Å². The SMILES string of the molecule is O=S(=O)(O)N=Cc1ccco1. The van der Waals surface area contributed by atoms with E-state index in [9.17, 15) is 8.42 Å². The molecule has 1 heterocycles. The summed E-state index contributed by atoms with van der Waals surface area (Å²) in [7, 11) is -4.29. The first-order valence-corrected chi connectivity index (χ1v) is 4.04. The zero-order valence-corrected chi connectivity index (χ0v) is 6.15. The molecule has 1 rings (SSSR count). The van der Waals surface area contributed by atoms with Gasteiger partial charge in [-0.05, 0) is 12.1 Å². The lowest BCUT2D eigenvalue weighted by Crippen LogP contribution is -1.91. The van der Waals surface area contributed by atoms with Gasteiger partial charge in [0.15, 0.2) is 0 Å².